The van der Waals surface area contributed by atoms with Crippen LogP contribution < -0.4 is 4.74 Å². The van der Waals surface area contributed by atoms with E-state index >= 15 is 0 Å². The Labute approximate surface area is 193 Å². The molecule has 1 aromatic carbocycles. The first-order valence-electron chi connectivity index (χ1n) is 11.4. The third-order valence-electron chi connectivity index (χ3n) is 6.84. The van der Waals surface area contributed by atoms with E-state index in [-0.39, 0.29) is 23.9 Å². The van der Waals surface area contributed by atoms with Crippen molar-refractivity contribution in [2.24, 2.45) is 5.92 Å². The van der Waals surface area contributed by atoms with E-state index in [1.165, 1.54) is 11.1 Å². The minimum atomic E-state index is -0.250. The number of carboxylic acid groups (broad SMARTS) is 1. The molecule has 1 atom stereocenters. The molecule has 3 aliphatic rings. The number of ether oxygens (including phenoxy) is 2. The highest BCUT2D eigenvalue weighted by Crippen LogP contribution is 2.42. The number of likely N-dealkylation sites (tertiary alicyclic amines) is 2. The molecular weight excluding hydrogens is 424 g/mol. The average Bonchev–Trinajstić information content (AvgIpc) is 3.44. The van der Waals surface area contributed by atoms with Gasteiger partial charge in [0.25, 0.3) is 6.47 Å². The molecule has 2 aromatic rings. The maximum Gasteiger partial charge on any atom is 0.290 e. The van der Waals surface area contributed by atoms with Gasteiger partial charge in [-0.05, 0) is 42.5 Å². The Morgan fingerprint density at radius 2 is 2.15 bits per heavy atom. The standard InChI is InChI=1S/C23H30N4O3.CH2O2/c1-26-13-17(10-22(26)28)15-29-20-2-3-21-18(11-20)4-9-30-23(21)5-7-27(8-6-23)14-19-12-24-16-25-19;2-1-3/h2-3,11-12,16-17H,4-10,13-15H2,1H3,(H,24,25);1H,(H,2,3). The number of nitrogens with one attached hydrogen (secondary N) is 1. The van der Waals surface area contributed by atoms with Gasteiger partial charge in [-0.15, -0.1) is 0 Å². The average molecular weight is 457 g/mol. The summed E-state index contributed by atoms with van der Waals surface area (Å²) < 4.78 is 12.5. The third kappa shape index (κ3) is 5.36. The van der Waals surface area contributed by atoms with Gasteiger partial charge in [-0.3, -0.25) is 14.5 Å². The van der Waals surface area contributed by atoms with E-state index in [4.69, 9.17) is 19.4 Å². The second-order valence-corrected chi connectivity index (χ2v) is 9.03. The number of imidazole rings is 1. The zero-order valence-electron chi connectivity index (χ0n) is 19.0. The number of H-pyrrole nitrogens is 1. The largest absolute Gasteiger partial charge is 0.493 e. The van der Waals surface area contributed by atoms with Crippen molar-refractivity contribution in [1.82, 2.24) is 19.8 Å². The van der Waals surface area contributed by atoms with Crippen molar-refractivity contribution in [2.45, 2.75) is 37.8 Å². The lowest BCUT2D eigenvalue weighted by Gasteiger charge is -2.45. The number of aromatic amines is 1. The van der Waals surface area contributed by atoms with E-state index in [2.05, 4.69) is 33.1 Å². The Morgan fingerprint density at radius 3 is 2.82 bits per heavy atom. The first-order valence-corrected chi connectivity index (χ1v) is 11.4. The van der Waals surface area contributed by atoms with Gasteiger partial charge in [0.05, 0.1) is 25.1 Å². The number of hydrogen-bond acceptors (Lipinski definition) is 6. The molecule has 9 nitrogen and oxygen atoms in total. The number of hydrogen-bond donors (Lipinski definition) is 2. The minimum Gasteiger partial charge on any atom is -0.493 e. The second kappa shape index (κ2) is 10.4. The molecule has 9 heteroatoms. The number of carbonyl (C=O) groups is 2. The van der Waals surface area contributed by atoms with Crippen molar-refractivity contribution in [2.75, 3.05) is 39.9 Å². The van der Waals surface area contributed by atoms with Crippen LogP contribution in [0.1, 0.15) is 36.1 Å². The molecule has 0 saturated carbocycles. The molecular formula is C24H32N4O5. The third-order valence-corrected chi connectivity index (χ3v) is 6.84. The fraction of sp³-hybridized carbons (Fsp3) is 0.542. The molecule has 178 valence electrons. The molecule has 0 radical (unpaired) electrons. The smallest absolute Gasteiger partial charge is 0.290 e. The van der Waals surface area contributed by atoms with E-state index in [9.17, 15) is 4.79 Å². The summed E-state index contributed by atoms with van der Waals surface area (Å²) in [4.78, 5) is 31.7. The van der Waals surface area contributed by atoms with Crippen LogP contribution in [-0.4, -0.2) is 77.1 Å². The van der Waals surface area contributed by atoms with Crippen LogP contribution in [0, 0.1) is 5.92 Å². The van der Waals surface area contributed by atoms with Gasteiger partial charge in [-0.2, -0.15) is 0 Å². The predicted molar refractivity (Wildman–Crippen MR) is 121 cm³/mol. The van der Waals surface area contributed by atoms with Crippen LogP contribution in [0.2, 0.25) is 0 Å². The van der Waals surface area contributed by atoms with Crippen molar-refractivity contribution in [1.29, 1.82) is 0 Å². The number of carbonyl (C=O) groups excluding carboxylic acids is 1. The van der Waals surface area contributed by atoms with E-state index < -0.39 is 0 Å². The van der Waals surface area contributed by atoms with E-state index in [0.717, 1.165) is 63.5 Å². The lowest BCUT2D eigenvalue weighted by molar-refractivity contribution is -0.126. The monoisotopic (exact) mass is 456 g/mol. The molecule has 2 saturated heterocycles. The van der Waals surface area contributed by atoms with Crippen LogP contribution >= 0.6 is 0 Å². The van der Waals surface area contributed by atoms with Gasteiger partial charge in [0.15, 0.2) is 0 Å². The molecule has 33 heavy (non-hydrogen) atoms. The number of nitrogens with zero attached hydrogens (tertiary/aromatic N) is 3. The summed E-state index contributed by atoms with van der Waals surface area (Å²) in [7, 11) is 1.86. The minimum absolute atomic E-state index is 0.169. The van der Waals surface area contributed by atoms with Gasteiger partial charge in [0, 0.05) is 57.5 Å². The molecule has 0 bridgehead atoms. The molecule has 1 amide bonds. The molecule has 4 heterocycles. The van der Waals surface area contributed by atoms with E-state index in [1.807, 2.05) is 13.2 Å². The number of rotatable bonds is 5. The predicted octanol–water partition coefficient (Wildman–Crippen LogP) is 2.03. The summed E-state index contributed by atoms with van der Waals surface area (Å²) in [5.74, 6) is 1.41. The van der Waals surface area contributed by atoms with Gasteiger partial charge >= 0.3 is 0 Å². The summed E-state index contributed by atoms with van der Waals surface area (Å²) in [6, 6.07) is 6.48. The summed E-state index contributed by atoms with van der Waals surface area (Å²) in [6.45, 7) is 4.84. The molecule has 1 unspecified atom stereocenters. The Bertz CT molecular complexity index is 940. The molecule has 1 spiro atoms. The Hall–Kier alpha value is -2.91. The molecule has 2 fully saturated rings. The van der Waals surface area contributed by atoms with Crippen LogP contribution in [0.5, 0.6) is 5.75 Å². The van der Waals surface area contributed by atoms with Gasteiger partial charge in [0.2, 0.25) is 5.91 Å². The summed E-state index contributed by atoms with van der Waals surface area (Å²) in [5.41, 5.74) is 3.67. The zero-order chi connectivity index (χ0) is 23.3. The lowest BCUT2D eigenvalue weighted by atomic mass is 9.79. The van der Waals surface area contributed by atoms with Gasteiger partial charge < -0.3 is 24.5 Å². The summed E-state index contributed by atoms with van der Waals surface area (Å²) >= 11 is 0. The van der Waals surface area contributed by atoms with Crippen LogP contribution in [0.3, 0.4) is 0 Å². The number of piperidine rings is 1. The van der Waals surface area contributed by atoms with Gasteiger partial charge in [-0.25, -0.2) is 4.98 Å². The maximum atomic E-state index is 11.7. The van der Waals surface area contributed by atoms with Gasteiger partial charge in [-0.1, -0.05) is 6.07 Å². The highest BCUT2D eigenvalue weighted by Gasteiger charge is 2.41. The Kier molecular flexibility index (Phi) is 7.29. The van der Waals surface area contributed by atoms with Crippen LogP contribution in [0.4, 0.5) is 0 Å². The quantitative estimate of drug-likeness (QED) is 0.663. The van der Waals surface area contributed by atoms with Gasteiger partial charge in [0.1, 0.15) is 5.75 Å². The molecule has 5 rings (SSSR count). The lowest BCUT2D eigenvalue weighted by Crippen LogP contribution is -2.46. The molecule has 3 aliphatic heterocycles. The fourth-order valence-electron chi connectivity index (χ4n) is 5.13. The fourth-order valence-corrected chi connectivity index (χ4v) is 5.13. The van der Waals surface area contributed by atoms with E-state index in [1.54, 1.807) is 11.2 Å². The maximum absolute atomic E-state index is 11.7. The van der Waals surface area contributed by atoms with Crippen molar-refractivity contribution < 1.29 is 24.2 Å². The highest BCUT2D eigenvalue weighted by molar-refractivity contribution is 5.78. The van der Waals surface area contributed by atoms with Crippen molar-refractivity contribution in [3.8, 4) is 5.75 Å². The second-order valence-electron chi connectivity index (χ2n) is 9.03. The normalized spacial score (nSPS) is 21.9. The van der Waals surface area contributed by atoms with E-state index in [0.29, 0.717) is 13.0 Å². The topological polar surface area (TPSA) is 108 Å². The number of fused-ring (bicyclic) bond motifs is 2. The van der Waals surface area contributed by atoms with Crippen molar-refractivity contribution in [3.05, 3.63) is 47.5 Å². The number of amides is 1. The Balaban J connectivity index is 0.000000821. The zero-order valence-corrected chi connectivity index (χ0v) is 19.0. The number of benzene rings is 1. The first kappa shape index (κ1) is 23.3. The molecule has 0 aliphatic carbocycles. The van der Waals surface area contributed by atoms with Crippen LogP contribution in [0.25, 0.3) is 0 Å². The SMILES string of the molecule is CN1CC(COc2ccc3c(c2)CCOC32CCN(Cc3cnc[nH]3)CC2)CC1=O.O=CO. The summed E-state index contributed by atoms with van der Waals surface area (Å²) in [6.07, 6.45) is 7.17. The molecule has 2 N–H and O–H groups in total. The van der Waals surface area contributed by atoms with Crippen LogP contribution in [0.15, 0.2) is 30.7 Å². The summed E-state index contributed by atoms with van der Waals surface area (Å²) in [5, 5.41) is 6.89. The van der Waals surface area contributed by atoms with Crippen molar-refractivity contribution in [3.63, 3.8) is 0 Å². The highest BCUT2D eigenvalue weighted by atomic mass is 16.5. The molecule has 1 aromatic heterocycles. The van der Waals surface area contributed by atoms with Crippen molar-refractivity contribution >= 4 is 12.4 Å². The Morgan fingerprint density at radius 1 is 1.36 bits per heavy atom. The first-order chi connectivity index (χ1) is 16.0. The number of aromatic nitrogens is 2. The van der Waals surface area contributed by atoms with Crippen LogP contribution in [-0.2, 0) is 32.9 Å².